The van der Waals surface area contributed by atoms with Crippen molar-refractivity contribution in [3.05, 3.63) is 40.3 Å². The van der Waals surface area contributed by atoms with Gasteiger partial charge in [0, 0.05) is 6.20 Å². The van der Waals surface area contributed by atoms with E-state index < -0.39 is 5.97 Å². The van der Waals surface area contributed by atoms with Crippen LogP contribution in [-0.4, -0.2) is 27.8 Å². The third-order valence-corrected chi connectivity index (χ3v) is 3.24. The Morgan fingerprint density at radius 2 is 2.24 bits per heavy atom. The Balaban J connectivity index is 2.54. The van der Waals surface area contributed by atoms with E-state index in [1.165, 1.54) is 7.11 Å². The molecule has 0 aliphatic carbocycles. The first-order valence-electron chi connectivity index (χ1n) is 4.90. The number of aromatic nitrogens is 3. The zero-order valence-electron chi connectivity index (χ0n) is 9.35. The summed E-state index contributed by atoms with van der Waals surface area (Å²) in [6, 6.07) is 5.49. The molecule has 0 spiro atoms. The van der Waals surface area contributed by atoms with E-state index in [1.807, 2.05) is 25.1 Å². The largest absolute Gasteiger partial charge is 0.464 e. The van der Waals surface area contributed by atoms with Crippen molar-refractivity contribution in [3.63, 3.8) is 0 Å². The van der Waals surface area contributed by atoms with E-state index in [-0.39, 0.29) is 5.69 Å². The van der Waals surface area contributed by atoms with Crippen molar-refractivity contribution in [2.75, 3.05) is 7.11 Å². The van der Waals surface area contributed by atoms with E-state index in [0.29, 0.717) is 10.3 Å². The number of pyridine rings is 1. The predicted octanol–water partition coefficient (Wildman–Crippen LogP) is 2.12. The molecule has 88 valence electrons. The average Bonchev–Trinajstić information content (AvgIpc) is 2.67. The van der Waals surface area contributed by atoms with Crippen LogP contribution in [0.1, 0.15) is 16.2 Å². The number of rotatable bonds is 2. The highest BCUT2D eigenvalue weighted by atomic mass is 79.9. The number of ether oxygens (including phenoxy) is 1. The molecule has 2 aromatic heterocycles. The predicted molar refractivity (Wildman–Crippen MR) is 65.1 cm³/mol. The quantitative estimate of drug-likeness (QED) is 0.797. The van der Waals surface area contributed by atoms with Gasteiger partial charge in [-0.15, -0.1) is 0 Å². The van der Waals surface area contributed by atoms with Crippen LogP contribution in [0.3, 0.4) is 0 Å². The van der Waals surface area contributed by atoms with Crippen LogP contribution in [0.25, 0.3) is 5.82 Å². The number of hydrogen-bond acceptors (Lipinski definition) is 4. The molecule has 0 atom stereocenters. The van der Waals surface area contributed by atoms with Gasteiger partial charge < -0.3 is 4.74 Å². The fourth-order valence-corrected chi connectivity index (χ4v) is 1.82. The lowest BCUT2D eigenvalue weighted by Crippen LogP contribution is -2.05. The summed E-state index contributed by atoms with van der Waals surface area (Å²) in [6.45, 7) is 1.85. The molecule has 0 fully saturated rings. The molecule has 0 N–H and O–H groups in total. The number of halogens is 1. The summed E-state index contributed by atoms with van der Waals surface area (Å²) in [5.41, 5.74) is 1.04. The maximum atomic E-state index is 11.5. The fraction of sp³-hybridized carbons (Fsp3) is 0.182. The van der Waals surface area contributed by atoms with Gasteiger partial charge in [0.2, 0.25) is 0 Å². The third-order valence-electron chi connectivity index (χ3n) is 2.29. The van der Waals surface area contributed by atoms with Crippen molar-refractivity contribution in [3.8, 4) is 5.82 Å². The van der Waals surface area contributed by atoms with Crippen LogP contribution in [0, 0.1) is 6.92 Å². The number of hydrogen-bond donors (Lipinski definition) is 0. The smallest absolute Gasteiger partial charge is 0.359 e. The van der Waals surface area contributed by atoms with Crippen LogP contribution in [0.2, 0.25) is 0 Å². The molecule has 0 aliphatic heterocycles. The molecule has 0 unspecified atom stereocenters. The Hall–Kier alpha value is -1.69. The van der Waals surface area contributed by atoms with E-state index in [4.69, 9.17) is 0 Å². The number of methoxy groups -OCH3 is 1. The molecule has 6 heteroatoms. The standard InChI is InChI=1S/C11H10BrN3O2/c1-7-9(12)10(11(16)17-2)14-15(7)8-5-3-4-6-13-8/h3-6H,1-2H3. The number of carbonyl (C=O) groups is 1. The summed E-state index contributed by atoms with van der Waals surface area (Å²) in [5.74, 6) is 0.176. The Kier molecular flexibility index (Phi) is 3.23. The van der Waals surface area contributed by atoms with Gasteiger partial charge in [0.15, 0.2) is 11.5 Å². The maximum Gasteiger partial charge on any atom is 0.359 e. The lowest BCUT2D eigenvalue weighted by atomic mass is 10.4. The normalized spacial score (nSPS) is 10.3. The number of carbonyl (C=O) groups excluding carboxylic acids is 1. The van der Waals surface area contributed by atoms with Gasteiger partial charge in [-0.2, -0.15) is 5.10 Å². The number of esters is 1. The van der Waals surface area contributed by atoms with Gasteiger partial charge in [0.25, 0.3) is 0 Å². The lowest BCUT2D eigenvalue weighted by Gasteiger charge is -2.01. The molecular weight excluding hydrogens is 286 g/mol. The van der Waals surface area contributed by atoms with Crippen molar-refractivity contribution >= 4 is 21.9 Å². The van der Waals surface area contributed by atoms with Crippen LogP contribution in [-0.2, 0) is 4.74 Å². The highest BCUT2D eigenvalue weighted by Gasteiger charge is 2.20. The van der Waals surface area contributed by atoms with E-state index in [1.54, 1.807) is 10.9 Å². The van der Waals surface area contributed by atoms with Crippen molar-refractivity contribution in [1.82, 2.24) is 14.8 Å². The summed E-state index contributed by atoms with van der Waals surface area (Å²) >= 11 is 3.33. The van der Waals surface area contributed by atoms with E-state index in [9.17, 15) is 4.79 Å². The summed E-state index contributed by atoms with van der Waals surface area (Å²) in [4.78, 5) is 15.7. The minimum absolute atomic E-state index is 0.246. The van der Waals surface area contributed by atoms with Crippen LogP contribution in [0.5, 0.6) is 0 Å². The molecule has 0 amide bonds. The molecule has 5 nitrogen and oxygen atoms in total. The van der Waals surface area contributed by atoms with Gasteiger partial charge in [-0.1, -0.05) is 6.07 Å². The second-order valence-corrected chi connectivity index (χ2v) is 4.13. The van der Waals surface area contributed by atoms with Crippen molar-refractivity contribution in [2.24, 2.45) is 0 Å². The van der Waals surface area contributed by atoms with Gasteiger partial charge in [0.05, 0.1) is 17.3 Å². The zero-order chi connectivity index (χ0) is 12.4. The summed E-state index contributed by atoms with van der Waals surface area (Å²) < 4.78 is 6.87. The van der Waals surface area contributed by atoms with Gasteiger partial charge in [-0.3, -0.25) is 0 Å². The van der Waals surface area contributed by atoms with Gasteiger partial charge in [-0.05, 0) is 35.0 Å². The molecule has 0 saturated heterocycles. The van der Waals surface area contributed by atoms with Gasteiger partial charge in [0.1, 0.15) is 0 Å². The Morgan fingerprint density at radius 1 is 1.47 bits per heavy atom. The molecule has 2 aromatic rings. The molecule has 0 radical (unpaired) electrons. The first-order chi connectivity index (χ1) is 8.15. The molecular formula is C11H10BrN3O2. The van der Waals surface area contributed by atoms with Crippen molar-refractivity contribution in [1.29, 1.82) is 0 Å². The highest BCUT2D eigenvalue weighted by molar-refractivity contribution is 9.10. The minimum Gasteiger partial charge on any atom is -0.464 e. The van der Waals surface area contributed by atoms with Crippen molar-refractivity contribution in [2.45, 2.75) is 6.92 Å². The maximum absolute atomic E-state index is 11.5. The molecule has 0 aromatic carbocycles. The Morgan fingerprint density at radius 3 is 2.82 bits per heavy atom. The van der Waals surface area contributed by atoms with Gasteiger partial charge >= 0.3 is 5.97 Å². The van der Waals surface area contributed by atoms with Gasteiger partial charge in [-0.25, -0.2) is 14.5 Å². The second-order valence-electron chi connectivity index (χ2n) is 3.34. The zero-order valence-corrected chi connectivity index (χ0v) is 10.9. The molecule has 2 rings (SSSR count). The SMILES string of the molecule is COC(=O)c1nn(-c2ccccn2)c(C)c1Br. The summed E-state index contributed by atoms with van der Waals surface area (Å²) in [7, 11) is 1.32. The highest BCUT2D eigenvalue weighted by Crippen LogP contribution is 2.23. The van der Waals surface area contributed by atoms with Crippen molar-refractivity contribution < 1.29 is 9.53 Å². The first-order valence-corrected chi connectivity index (χ1v) is 5.69. The number of nitrogens with zero attached hydrogens (tertiary/aromatic N) is 3. The Labute approximate surface area is 107 Å². The molecule has 0 aliphatic rings. The molecule has 0 bridgehead atoms. The fourth-order valence-electron chi connectivity index (χ4n) is 1.41. The van der Waals surface area contributed by atoms with E-state index >= 15 is 0 Å². The second kappa shape index (κ2) is 4.67. The first kappa shape index (κ1) is 11.8. The van der Waals surface area contributed by atoms with Crippen LogP contribution in [0.15, 0.2) is 28.9 Å². The molecule has 0 saturated carbocycles. The summed E-state index contributed by atoms with van der Waals surface area (Å²) in [5, 5.41) is 4.18. The minimum atomic E-state index is -0.477. The topological polar surface area (TPSA) is 57.0 Å². The average molecular weight is 296 g/mol. The van der Waals surface area contributed by atoms with Crippen LogP contribution >= 0.6 is 15.9 Å². The summed E-state index contributed by atoms with van der Waals surface area (Å²) in [6.07, 6.45) is 1.67. The monoisotopic (exact) mass is 295 g/mol. The van der Waals surface area contributed by atoms with Crippen LogP contribution < -0.4 is 0 Å². The Bertz CT molecular complexity index is 551. The van der Waals surface area contributed by atoms with E-state index in [2.05, 4.69) is 30.7 Å². The van der Waals surface area contributed by atoms with E-state index in [0.717, 1.165) is 5.69 Å². The van der Waals surface area contributed by atoms with Crippen LogP contribution in [0.4, 0.5) is 0 Å². The molecule has 17 heavy (non-hydrogen) atoms. The lowest BCUT2D eigenvalue weighted by molar-refractivity contribution is 0.0592. The molecule has 2 heterocycles. The third kappa shape index (κ3) is 2.08.